The molecule has 0 radical (unpaired) electrons. The molecule has 3 atom stereocenters. The van der Waals surface area contributed by atoms with E-state index in [-0.39, 0.29) is 18.8 Å². The Labute approximate surface area is 189 Å². The molecule has 10 heteroatoms. The number of nitrogens with two attached hydrogens (primary N) is 1. The Morgan fingerprint density at radius 3 is 2.28 bits per heavy atom. The average Bonchev–Trinajstić information content (AvgIpc) is 2.67. The second kappa shape index (κ2) is 15.8. The summed E-state index contributed by atoms with van der Waals surface area (Å²) in [6.07, 6.45) is 1.65. The first-order chi connectivity index (χ1) is 15.0. The third kappa shape index (κ3) is 14.2. The monoisotopic (exact) mass is 453 g/mol. The van der Waals surface area contributed by atoms with Crippen molar-refractivity contribution in [3.8, 4) is 0 Å². The van der Waals surface area contributed by atoms with Crippen molar-refractivity contribution in [1.29, 1.82) is 0 Å². The van der Waals surface area contributed by atoms with E-state index in [1.54, 1.807) is 6.92 Å². The van der Waals surface area contributed by atoms with Gasteiger partial charge in [0, 0.05) is 18.9 Å². The lowest BCUT2D eigenvalue weighted by atomic mass is 9.95. The van der Waals surface area contributed by atoms with Crippen LogP contribution in [0.25, 0.3) is 0 Å². The van der Waals surface area contributed by atoms with Gasteiger partial charge in [-0.3, -0.25) is 14.4 Å². The number of ketones is 1. The van der Waals surface area contributed by atoms with Crippen molar-refractivity contribution in [1.82, 2.24) is 16.0 Å². The Morgan fingerprint density at radius 1 is 1.12 bits per heavy atom. The molecule has 0 rings (SSSR count). The number of Topliss-reactive ketones (excluding diaryl/α,β-unsaturated/α-hetero) is 1. The Hall–Kier alpha value is -2.91. The van der Waals surface area contributed by atoms with Crippen LogP contribution in [0, 0.1) is 11.8 Å². The van der Waals surface area contributed by atoms with Crippen LogP contribution in [-0.4, -0.2) is 48.5 Å². The van der Waals surface area contributed by atoms with Gasteiger partial charge >= 0.3 is 0 Å². The van der Waals surface area contributed by atoms with Gasteiger partial charge in [0.05, 0.1) is 18.3 Å². The normalized spacial score (nSPS) is 13.5. The first-order valence-corrected chi connectivity index (χ1v) is 10.9. The fourth-order valence-electron chi connectivity index (χ4n) is 3.15. The number of hydrogen-bond donors (Lipinski definition) is 4. The largest absolute Gasteiger partial charge is 0.550 e. The first-order valence-electron chi connectivity index (χ1n) is 10.9. The Balaban J connectivity index is 4.83. The topological polar surface area (TPSA) is 171 Å². The molecule has 0 aromatic carbocycles. The highest BCUT2D eigenvalue weighted by Crippen LogP contribution is 2.14. The molecule has 182 valence electrons. The summed E-state index contributed by atoms with van der Waals surface area (Å²) in [5.41, 5.74) is 5.41. The lowest BCUT2D eigenvalue weighted by Crippen LogP contribution is -2.51. The van der Waals surface area contributed by atoms with E-state index in [0.29, 0.717) is 44.3 Å². The standard InChI is InChI=1S/C22H38N4O6/c1-5-16(11-21(30)31)10-18(28)12-20(29)26-19(9-14(2)3)22(32)25-17(13-27)7-6-8-24-15(4)23/h13-14,16-17,19,24H,4-12,23H2,1-3H3,(H,25,32)(H,26,29)(H,30,31)/p-1. The maximum absolute atomic E-state index is 12.7. The van der Waals surface area contributed by atoms with Crippen molar-refractivity contribution in [3.63, 3.8) is 0 Å². The smallest absolute Gasteiger partial charge is 0.243 e. The number of aliphatic carboxylic acids is 1. The molecule has 0 spiro atoms. The molecule has 3 unspecified atom stereocenters. The summed E-state index contributed by atoms with van der Waals surface area (Å²) < 4.78 is 0. The van der Waals surface area contributed by atoms with E-state index in [9.17, 15) is 29.1 Å². The zero-order valence-corrected chi connectivity index (χ0v) is 19.3. The van der Waals surface area contributed by atoms with Crippen molar-refractivity contribution < 1.29 is 29.1 Å². The summed E-state index contributed by atoms with van der Waals surface area (Å²) >= 11 is 0. The summed E-state index contributed by atoms with van der Waals surface area (Å²) in [6, 6.07) is -1.62. The van der Waals surface area contributed by atoms with Gasteiger partial charge in [-0.2, -0.15) is 0 Å². The molecule has 0 saturated heterocycles. The van der Waals surface area contributed by atoms with Gasteiger partial charge in [0.15, 0.2) is 0 Å². The lowest BCUT2D eigenvalue weighted by molar-refractivity contribution is -0.306. The molecule has 0 heterocycles. The van der Waals surface area contributed by atoms with Gasteiger partial charge in [-0.15, -0.1) is 0 Å². The van der Waals surface area contributed by atoms with E-state index >= 15 is 0 Å². The second-order valence-electron chi connectivity index (χ2n) is 8.37. The highest BCUT2D eigenvalue weighted by Gasteiger charge is 2.25. The van der Waals surface area contributed by atoms with Crippen LogP contribution in [0.1, 0.15) is 65.7 Å². The molecule has 0 aromatic heterocycles. The van der Waals surface area contributed by atoms with E-state index in [1.165, 1.54) is 0 Å². The molecule has 0 aliphatic rings. The lowest BCUT2D eigenvalue weighted by Gasteiger charge is -2.22. The van der Waals surface area contributed by atoms with Gasteiger partial charge in [0.1, 0.15) is 18.1 Å². The minimum Gasteiger partial charge on any atom is -0.550 e. The zero-order chi connectivity index (χ0) is 24.7. The van der Waals surface area contributed by atoms with Crippen LogP contribution in [0.4, 0.5) is 0 Å². The Bertz CT molecular complexity index is 665. The summed E-state index contributed by atoms with van der Waals surface area (Å²) in [5.74, 6) is -2.77. The highest BCUT2D eigenvalue weighted by atomic mass is 16.4. The van der Waals surface area contributed by atoms with Crippen LogP contribution < -0.4 is 26.8 Å². The zero-order valence-electron chi connectivity index (χ0n) is 19.3. The highest BCUT2D eigenvalue weighted by molar-refractivity contribution is 6.00. The molecule has 5 N–H and O–H groups in total. The quantitative estimate of drug-likeness (QED) is 0.122. The average molecular weight is 454 g/mol. The van der Waals surface area contributed by atoms with Gasteiger partial charge in [-0.1, -0.05) is 33.8 Å². The van der Waals surface area contributed by atoms with Crippen LogP contribution >= 0.6 is 0 Å². The maximum atomic E-state index is 12.7. The van der Waals surface area contributed by atoms with E-state index in [4.69, 9.17) is 5.73 Å². The Kier molecular flexibility index (Phi) is 14.4. The maximum Gasteiger partial charge on any atom is 0.243 e. The van der Waals surface area contributed by atoms with E-state index < -0.39 is 48.0 Å². The van der Waals surface area contributed by atoms with Crippen LogP contribution in [0.3, 0.4) is 0 Å². The molecular formula is C22H37N4O6-. The van der Waals surface area contributed by atoms with Crippen LogP contribution in [0.15, 0.2) is 12.4 Å². The molecule has 0 bridgehead atoms. The van der Waals surface area contributed by atoms with E-state index in [0.717, 1.165) is 0 Å². The number of carboxylic acid groups (broad SMARTS) is 1. The number of carboxylic acids is 1. The number of carbonyl (C=O) groups is 5. The van der Waals surface area contributed by atoms with E-state index in [2.05, 4.69) is 22.5 Å². The third-order valence-corrected chi connectivity index (χ3v) is 4.80. The number of rotatable bonds is 18. The first kappa shape index (κ1) is 29.1. The van der Waals surface area contributed by atoms with Crippen LogP contribution in [0.2, 0.25) is 0 Å². The Morgan fingerprint density at radius 2 is 1.78 bits per heavy atom. The van der Waals surface area contributed by atoms with Crippen molar-refractivity contribution in [3.05, 3.63) is 12.4 Å². The summed E-state index contributed by atoms with van der Waals surface area (Å²) in [6.45, 7) is 9.53. The molecule has 32 heavy (non-hydrogen) atoms. The van der Waals surface area contributed by atoms with Crippen molar-refractivity contribution >= 4 is 29.9 Å². The van der Waals surface area contributed by atoms with Gasteiger partial charge in [0.25, 0.3) is 0 Å². The predicted molar refractivity (Wildman–Crippen MR) is 118 cm³/mol. The van der Waals surface area contributed by atoms with Crippen molar-refractivity contribution in [2.24, 2.45) is 17.6 Å². The molecular weight excluding hydrogens is 416 g/mol. The van der Waals surface area contributed by atoms with Gasteiger partial charge < -0.3 is 36.4 Å². The number of nitrogens with one attached hydrogen (secondary N) is 3. The van der Waals surface area contributed by atoms with Gasteiger partial charge in [-0.25, -0.2) is 0 Å². The van der Waals surface area contributed by atoms with E-state index in [1.807, 2.05) is 13.8 Å². The summed E-state index contributed by atoms with van der Waals surface area (Å²) in [7, 11) is 0. The number of amides is 2. The molecule has 0 aliphatic heterocycles. The number of aldehydes is 1. The minimum absolute atomic E-state index is 0.0462. The minimum atomic E-state index is -1.24. The van der Waals surface area contributed by atoms with Crippen molar-refractivity contribution in [2.45, 2.75) is 77.8 Å². The fourth-order valence-corrected chi connectivity index (χ4v) is 3.15. The van der Waals surface area contributed by atoms with Crippen LogP contribution in [0.5, 0.6) is 0 Å². The molecule has 0 saturated carbocycles. The predicted octanol–water partition coefficient (Wildman–Crippen LogP) is -0.484. The third-order valence-electron chi connectivity index (χ3n) is 4.80. The van der Waals surface area contributed by atoms with Gasteiger partial charge in [-0.05, 0) is 37.5 Å². The van der Waals surface area contributed by atoms with Gasteiger partial charge in [0.2, 0.25) is 11.8 Å². The van der Waals surface area contributed by atoms with Crippen molar-refractivity contribution in [2.75, 3.05) is 6.54 Å². The SMILES string of the molecule is C=C(N)NCCCC(C=O)NC(=O)C(CC(C)C)NC(=O)CC(=O)CC(CC)CC(=O)[O-]. The summed E-state index contributed by atoms with van der Waals surface area (Å²) in [5, 5.41) is 18.8. The number of carbonyl (C=O) groups excluding carboxylic acids is 5. The second-order valence-corrected chi connectivity index (χ2v) is 8.37. The molecule has 0 aromatic rings. The molecule has 0 fully saturated rings. The van der Waals surface area contributed by atoms with Crippen LogP contribution in [-0.2, 0) is 24.0 Å². The number of hydrogen-bond acceptors (Lipinski definition) is 8. The molecule has 2 amide bonds. The molecule has 0 aliphatic carbocycles. The summed E-state index contributed by atoms with van der Waals surface area (Å²) in [4.78, 5) is 59.2. The fraction of sp³-hybridized carbons (Fsp3) is 0.682. The molecule has 10 nitrogen and oxygen atoms in total.